The first-order valence-electron chi connectivity index (χ1n) is 9.38. The van der Waals surface area contributed by atoms with E-state index in [0.717, 1.165) is 19.3 Å². The summed E-state index contributed by atoms with van der Waals surface area (Å²) in [6, 6.07) is 3.29. The molecule has 2 aliphatic rings. The molecule has 2 N–H and O–H groups in total. The summed E-state index contributed by atoms with van der Waals surface area (Å²) in [6.45, 7) is 2.27. The van der Waals surface area contributed by atoms with Crippen molar-refractivity contribution in [3.8, 4) is 0 Å². The second-order valence-electron chi connectivity index (χ2n) is 7.47. The van der Waals surface area contributed by atoms with Crippen LogP contribution in [0.3, 0.4) is 0 Å². The average molecular weight is 467 g/mol. The van der Waals surface area contributed by atoms with E-state index >= 15 is 0 Å². The van der Waals surface area contributed by atoms with Gasteiger partial charge in [0.25, 0.3) is 5.91 Å². The van der Waals surface area contributed by atoms with E-state index in [2.05, 4.69) is 9.71 Å². The summed E-state index contributed by atoms with van der Waals surface area (Å²) in [5, 5.41) is 7.12. The number of carboxylic acid groups (broad SMARTS) is 1. The molecule has 174 valence electrons. The molecule has 3 heterocycles. The molecule has 1 unspecified atom stereocenters. The highest BCUT2D eigenvalue weighted by Crippen LogP contribution is 2.41. The van der Waals surface area contributed by atoms with E-state index in [9.17, 15) is 26.4 Å². The summed E-state index contributed by atoms with van der Waals surface area (Å²) in [5.41, 5.74) is 0.457. The number of aromatic nitrogens is 1. The van der Waals surface area contributed by atoms with Crippen LogP contribution >= 0.6 is 0 Å². The van der Waals surface area contributed by atoms with Gasteiger partial charge in [0.05, 0.1) is 24.5 Å². The molecular weight excluding hydrogens is 443 g/mol. The van der Waals surface area contributed by atoms with E-state index in [-0.39, 0.29) is 17.4 Å². The minimum absolute atomic E-state index is 0.0161. The lowest BCUT2D eigenvalue weighted by Crippen LogP contribution is -2.57. The van der Waals surface area contributed by atoms with E-state index in [1.807, 2.05) is 4.90 Å². The van der Waals surface area contributed by atoms with Crippen molar-refractivity contribution in [3.63, 3.8) is 0 Å². The number of aliphatic carboxylic acids is 1. The predicted octanol–water partition coefficient (Wildman–Crippen LogP) is 1.28. The highest BCUT2D eigenvalue weighted by Gasteiger charge is 2.45. The van der Waals surface area contributed by atoms with Crippen molar-refractivity contribution in [2.45, 2.75) is 31.5 Å². The smallest absolute Gasteiger partial charge is 0.475 e. The van der Waals surface area contributed by atoms with E-state index < -0.39 is 22.2 Å². The van der Waals surface area contributed by atoms with Crippen LogP contribution in [0.5, 0.6) is 0 Å². The van der Waals surface area contributed by atoms with Crippen LogP contribution in [-0.2, 0) is 19.6 Å². The number of amides is 1. The molecule has 9 nitrogen and oxygen atoms in total. The lowest BCUT2D eigenvalue weighted by atomic mass is 9.69. The molecule has 2 aliphatic heterocycles. The molecule has 0 saturated carbocycles. The van der Waals surface area contributed by atoms with Crippen molar-refractivity contribution in [3.05, 3.63) is 30.1 Å². The Hall–Kier alpha value is -2.25. The fourth-order valence-electron chi connectivity index (χ4n) is 3.67. The number of sulfonamides is 1. The Bertz CT molecular complexity index is 871. The topological polar surface area (TPSA) is 126 Å². The van der Waals surface area contributed by atoms with Crippen molar-refractivity contribution >= 4 is 21.9 Å². The number of ether oxygens (including phenoxy) is 1. The Balaban J connectivity index is 0.000000423. The summed E-state index contributed by atoms with van der Waals surface area (Å²) in [4.78, 5) is 27.3. The average Bonchev–Trinajstić information content (AvgIpc) is 2.69. The molecule has 0 radical (unpaired) electrons. The van der Waals surface area contributed by atoms with Crippen LogP contribution in [0.2, 0.25) is 0 Å². The fraction of sp³-hybridized carbons (Fsp3) is 0.611. The van der Waals surface area contributed by atoms with E-state index in [0.29, 0.717) is 31.9 Å². The maximum atomic E-state index is 12.5. The number of likely N-dealkylation sites (tertiary alicyclic amines) is 1. The first kappa shape index (κ1) is 25.0. The molecule has 0 bridgehead atoms. The maximum absolute atomic E-state index is 12.5. The van der Waals surface area contributed by atoms with Crippen molar-refractivity contribution in [2.24, 2.45) is 5.41 Å². The fourth-order valence-corrected chi connectivity index (χ4v) is 4.51. The second kappa shape index (κ2) is 9.92. The van der Waals surface area contributed by atoms with Crippen LogP contribution in [0.1, 0.15) is 29.6 Å². The number of alkyl halides is 3. The van der Waals surface area contributed by atoms with Gasteiger partial charge in [0.15, 0.2) is 0 Å². The van der Waals surface area contributed by atoms with Crippen LogP contribution in [0.4, 0.5) is 13.2 Å². The molecule has 3 rings (SSSR count). The normalized spacial score (nSPS) is 21.2. The van der Waals surface area contributed by atoms with Crippen molar-refractivity contribution < 1.29 is 41.0 Å². The van der Waals surface area contributed by atoms with Crippen molar-refractivity contribution in [1.29, 1.82) is 0 Å². The molecule has 0 aliphatic carbocycles. The first-order valence-corrected chi connectivity index (χ1v) is 11.3. The number of piperidine rings is 1. The van der Waals surface area contributed by atoms with Gasteiger partial charge in [0.1, 0.15) is 0 Å². The second-order valence-corrected chi connectivity index (χ2v) is 9.25. The molecule has 1 atom stereocenters. The lowest BCUT2D eigenvalue weighted by Gasteiger charge is -2.48. The number of pyridine rings is 1. The molecule has 13 heteroatoms. The third-order valence-electron chi connectivity index (χ3n) is 5.32. The summed E-state index contributed by atoms with van der Waals surface area (Å²) >= 11 is 0. The number of hydrogen-bond acceptors (Lipinski definition) is 6. The van der Waals surface area contributed by atoms with Gasteiger partial charge in [-0.05, 0) is 36.8 Å². The third-order valence-corrected chi connectivity index (χ3v) is 6.03. The van der Waals surface area contributed by atoms with Gasteiger partial charge in [-0.1, -0.05) is 0 Å². The first-order chi connectivity index (χ1) is 14.3. The number of hydrogen-bond donors (Lipinski definition) is 2. The number of carboxylic acids is 1. The summed E-state index contributed by atoms with van der Waals surface area (Å²) < 4.78 is 63.2. The van der Waals surface area contributed by atoms with Gasteiger partial charge in [0, 0.05) is 32.1 Å². The van der Waals surface area contributed by atoms with Gasteiger partial charge in [-0.2, -0.15) is 13.2 Å². The number of carbonyl (C=O) groups excluding carboxylic acids is 1. The zero-order valence-electron chi connectivity index (χ0n) is 16.8. The van der Waals surface area contributed by atoms with Gasteiger partial charge in [-0.25, -0.2) is 17.9 Å². The number of rotatable bonds is 3. The zero-order valence-corrected chi connectivity index (χ0v) is 17.6. The summed E-state index contributed by atoms with van der Waals surface area (Å²) in [7, 11) is -3.29. The Morgan fingerprint density at radius 3 is 2.39 bits per heavy atom. The van der Waals surface area contributed by atoms with Crippen LogP contribution in [0, 0.1) is 5.41 Å². The molecule has 1 aromatic rings. The molecule has 1 spiro atoms. The Morgan fingerprint density at radius 2 is 1.90 bits per heavy atom. The molecule has 1 aromatic heterocycles. The Kier molecular flexibility index (Phi) is 8.00. The van der Waals surface area contributed by atoms with E-state index in [1.165, 1.54) is 6.26 Å². The maximum Gasteiger partial charge on any atom is 0.490 e. The molecular formula is C18H24F3N3O6S. The minimum Gasteiger partial charge on any atom is -0.475 e. The zero-order chi connectivity index (χ0) is 23.3. The molecule has 2 fully saturated rings. The Morgan fingerprint density at radius 1 is 1.29 bits per heavy atom. The monoisotopic (exact) mass is 467 g/mol. The van der Waals surface area contributed by atoms with Crippen molar-refractivity contribution in [2.75, 3.05) is 32.6 Å². The van der Waals surface area contributed by atoms with Gasteiger partial charge in [0.2, 0.25) is 10.0 Å². The molecule has 0 aromatic carbocycles. The Labute approximate surface area is 177 Å². The van der Waals surface area contributed by atoms with Crippen molar-refractivity contribution in [1.82, 2.24) is 14.6 Å². The van der Waals surface area contributed by atoms with Gasteiger partial charge < -0.3 is 14.7 Å². The molecule has 31 heavy (non-hydrogen) atoms. The quantitative estimate of drug-likeness (QED) is 0.686. The third kappa shape index (κ3) is 7.14. The standard InChI is InChI=1S/C16H23N3O4S.C2HF3O2/c1-24(21,22)18-14-12-23-10-6-16(14)4-8-19(9-5-16)15(20)13-3-2-7-17-11-13;3-2(4,5)1(6)7/h2-3,7,11,14,18H,4-6,8-10,12H2,1H3;(H,6,7). The van der Waals surface area contributed by atoms with Crippen LogP contribution in [-0.4, -0.2) is 80.1 Å². The number of nitrogens with zero attached hydrogens (tertiary/aromatic N) is 2. The number of halogens is 3. The number of carbonyl (C=O) groups is 2. The van der Waals surface area contributed by atoms with Gasteiger partial charge in [-0.15, -0.1) is 0 Å². The molecule has 2 saturated heterocycles. The van der Waals surface area contributed by atoms with Gasteiger partial charge in [-0.3, -0.25) is 9.78 Å². The van der Waals surface area contributed by atoms with E-state index in [4.69, 9.17) is 14.6 Å². The minimum atomic E-state index is -5.08. The lowest BCUT2D eigenvalue weighted by molar-refractivity contribution is -0.192. The van der Waals surface area contributed by atoms with Crippen LogP contribution < -0.4 is 4.72 Å². The highest BCUT2D eigenvalue weighted by molar-refractivity contribution is 7.88. The summed E-state index contributed by atoms with van der Waals surface area (Å²) in [5.74, 6) is -2.77. The van der Waals surface area contributed by atoms with Crippen LogP contribution in [0.15, 0.2) is 24.5 Å². The highest BCUT2D eigenvalue weighted by atomic mass is 32.2. The summed E-state index contributed by atoms with van der Waals surface area (Å²) in [6.07, 6.45) is 1.68. The van der Waals surface area contributed by atoms with E-state index in [1.54, 1.807) is 24.5 Å². The SMILES string of the molecule is CS(=O)(=O)NC1COCCC12CCN(C(=O)c1cccnc1)CC2.O=C(O)C(F)(F)F. The van der Waals surface area contributed by atoms with Gasteiger partial charge >= 0.3 is 12.1 Å². The number of nitrogens with one attached hydrogen (secondary N) is 1. The largest absolute Gasteiger partial charge is 0.490 e. The predicted molar refractivity (Wildman–Crippen MR) is 103 cm³/mol. The molecule has 1 amide bonds. The van der Waals surface area contributed by atoms with Crippen LogP contribution in [0.25, 0.3) is 0 Å².